The van der Waals surface area contributed by atoms with Crippen LogP contribution in [0.3, 0.4) is 0 Å². The molecule has 0 fully saturated rings. The molecule has 0 saturated heterocycles. The average Bonchev–Trinajstić information content (AvgIpc) is 3.46. The molecule has 2 nitrogen and oxygen atoms in total. The van der Waals surface area contributed by atoms with Gasteiger partial charge in [-0.3, -0.25) is 0 Å². The second-order valence-corrected chi connectivity index (χ2v) is 13.3. The number of para-hydroxylation sites is 2. The van der Waals surface area contributed by atoms with E-state index in [9.17, 15) is 0 Å². The summed E-state index contributed by atoms with van der Waals surface area (Å²) in [6.07, 6.45) is 7.11. The molecule has 238 valence electrons. The number of anilines is 2. The molecular formula is C47H40N2. The molecule has 0 saturated carbocycles. The van der Waals surface area contributed by atoms with E-state index in [2.05, 4.69) is 201 Å². The Bertz CT molecular complexity index is 2400. The van der Waals surface area contributed by atoms with Gasteiger partial charge in [0.05, 0.1) is 22.4 Å². The second kappa shape index (κ2) is 12.6. The SMILES string of the molecule is CC1=C(c2ccccc2C)\C(=C\C(C)C)N(c2ccccc2)c2ccc3c(c2/C=C\1)c1ccccc1n3-c1ccc(-c2ccccc2)cc1. The van der Waals surface area contributed by atoms with Crippen molar-refractivity contribution in [3.8, 4) is 16.8 Å². The molecule has 1 aromatic heterocycles. The first-order valence-electron chi connectivity index (χ1n) is 17.2. The average molecular weight is 633 g/mol. The van der Waals surface area contributed by atoms with E-state index in [1.165, 1.54) is 72.2 Å². The first kappa shape index (κ1) is 30.5. The number of aryl methyl sites for hydroxylation is 1. The fourth-order valence-electron chi connectivity index (χ4n) is 7.42. The number of hydrogen-bond acceptors (Lipinski definition) is 1. The fraction of sp³-hybridized carbons (Fsp3) is 0.106. The molecule has 0 unspecified atom stereocenters. The van der Waals surface area contributed by atoms with Gasteiger partial charge in [-0.05, 0) is 90.1 Å². The van der Waals surface area contributed by atoms with Crippen molar-refractivity contribution in [2.45, 2.75) is 27.7 Å². The summed E-state index contributed by atoms with van der Waals surface area (Å²) in [7, 11) is 0. The van der Waals surface area contributed by atoms with Crippen molar-refractivity contribution < 1.29 is 0 Å². The summed E-state index contributed by atoms with van der Waals surface area (Å²) in [5.74, 6) is 0.337. The van der Waals surface area contributed by atoms with Gasteiger partial charge in [-0.1, -0.05) is 135 Å². The van der Waals surface area contributed by atoms with Crippen LogP contribution in [0.25, 0.3) is 50.3 Å². The Kier molecular flexibility index (Phi) is 7.86. The summed E-state index contributed by atoms with van der Waals surface area (Å²) in [4.78, 5) is 2.49. The van der Waals surface area contributed by atoms with Gasteiger partial charge in [-0.2, -0.15) is 0 Å². The van der Waals surface area contributed by atoms with Crippen molar-refractivity contribution in [2.75, 3.05) is 4.90 Å². The van der Waals surface area contributed by atoms with E-state index in [1.54, 1.807) is 0 Å². The molecule has 0 bridgehead atoms. The van der Waals surface area contributed by atoms with Gasteiger partial charge in [-0.25, -0.2) is 0 Å². The lowest BCUT2D eigenvalue weighted by Gasteiger charge is -2.34. The Balaban J connectivity index is 1.43. The van der Waals surface area contributed by atoms with Crippen LogP contribution in [0.4, 0.5) is 11.4 Å². The zero-order valence-corrected chi connectivity index (χ0v) is 28.6. The van der Waals surface area contributed by atoms with Crippen LogP contribution < -0.4 is 4.90 Å². The molecule has 0 aliphatic carbocycles. The van der Waals surface area contributed by atoms with Crippen LogP contribution in [0.5, 0.6) is 0 Å². The number of rotatable bonds is 5. The maximum Gasteiger partial charge on any atom is 0.0548 e. The van der Waals surface area contributed by atoms with Crippen LogP contribution in [0.1, 0.15) is 37.5 Å². The number of allylic oxidation sites excluding steroid dienone is 4. The van der Waals surface area contributed by atoms with Crippen LogP contribution in [0, 0.1) is 12.8 Å². The van der Waals surface area contributed by atoms with Crippen molar-refractivity contribution in [3.63, 3.8) is 0 Å². The molecule has 1 aliphatic heterocycles. The number of fused-ring (bicyclic) bond motifs is 5. The molecule has 0 amide bonds. The summed E-state index contributed by atoms with van der Waals surface area (Å²) in [5, 5.41) is 2.50. The molecule has 7 aromatic rings. The maximum atomic E-state index is 2.49. The Labute approximate surface area is 289 Å². The lowest BCUT2D eigenvalue weighted by Crippen LogP contribution is -2.21. The highest BCUT2D eigenvalue weighted by atomic mass is 15.2. The highest BCUT2D eigenvalue weighted by Crippen LogP contribution is 2.47. The van der Waals surface area contributed by atoms with Crippen molar-refractivity contribution >= 4 is 44.8 Å². The molecule has 1 aliphatic rings. The molecule has 0 radical (unpaired) electrons. The van der Waals surface area contributed by atoms with Gasteiger partial charge in [0.2, 0.25) is 0 Å². The van der Waals surface area contributed by atoms with Crippen molar-refractivity contribution in [2.24, 2.45) is 5.92 Å². The van der Waals surface area contributed by atoms with Crippen LogP contribution in [0.2, 0.25) is 0 Å². The molecule has 2 heteroatoms. The fourth-order valence-corrected chi connectivity index (χ4v) is 7.42. The Hall–Kier alpha value is -5.86. The summed E-state index contributed by atoms with van der Waals surface area (Å²) < 4.78 is 2.42. The minimum absolute atomic E-state index is 0.337. The normalized spacial score (nSPS) is 16.3. The molecule has 2 heterocycles. The first-order valence-corrected chi connectivity index (χ1v) is 17.2. The third-order valence-electron chi connectivity index (χ3n) is 9.64. The van der Waals surface area contributed by atoms with E-state index in [1.807, 2.05) is 0 Å². The maximum absolute atomic E-state index is 2.49. The van der Waals surface area contributed by atoms with Crippen LogP contribution in [0.15, 0.2) is 169 Å². The smallest absolute Gasteiger partial charge is 0.0548 e. The van der Waals surface area contributed by atoms with Gasteiger partial charge in [0, 0.05) is 33.3 Å². The summed E-state index contributed by atoms with van der Waals surface area (Å²) >= 11 is 0. The van der Waals surface area contributed by atoms with Gasteiger partial charge >= 0.3 is 0 Å². The van der Waals surface area contributed by atoms with E-state index in [-0.39, 0.29) is 0 Å². The monoisotopic (exact) mass is 632 g/mol. The molecule has 0 atom stereocenters. The molecule has 6 aromatic carbocycles. The summed E-state index contributed by atoms with van der Waals surface area (Å²) in [6.45, 7) is 9.03. The topological polar surface area (TPSA) is 8.17 Å². The highest BCUT2D eigenvalue weighted by Gasteiger charge is 2.27. The van der Waals surface area contributed by atoms with Crippen molar-refractivity contribution in [3.05, 3.63) is 186 Å². The number of aromatic nitrogens is 1. The summed E-state index contributed by atoms with van der Waals surface area (Å²) in [5.41, 5.74) is 15.8. The molecular weight excluding hydrogens is 593 g/mol. The number of nitrogens with zero attached hydrogens (tertiary/aromatic N) is 2. The Morgan fingerprint density at radius 1 is 0.551 bits per heavy atom. The third-order valence-corrected chi connectivity index (χ3v) is 9.64. The van der Waals surface area contributed by atoms with E-state index >= 15 is 0 Å². The zero-order chi connectivity index (χ0) is 33.5. The Morgan fingerprint density at radius 2 is 1.20 bits per heavy atom. The first-order chi connectivity index (χ1) is 24.0. The largest absolute Gasteiger partial charge is 0.310 e. The van der Waals surface area contributed by atoms with E-state index < -0.39 is 0 Å². The predicted molar refractivity (Wildman–Crippen MR) is 211 cm³/mol. The molecule has 49 heavy (non-hydrogen) atoms. The molecule has 8 rings (SSSR count). The minimum atomic E-state index is 0.337. The van der Waals surface area contributed by atoms with Gasteiger partial charge in [0.25, 0.3) is 0 Å². The summed E-state index contributed by atoms with van der Waals surface area (Å²) in [6, 6.07) is 52.7. The van der Waals surface area contributed by atoms with Crippen LogP contribution in [-0.2, 0) is 0 Å². The molecule has 0 N–H and O–H groups in total. The number of benzene rings is 6. The molecule has 0 spiro atoms. The minimum Gasteiger partial charge on any atom is -0.310 e. The van der Waals surface area contributed by atoms with Crippen molar-refractivity contribution in [1.29, 1.82) is 0 Å². The lowest BCUT2D eigenvalue weighted by molar-refractivity contribution is 0.822. The van der Waals surface area contributed by atoms with Gasteiger partial charge in [0.15, 0.2) is 0 Å². The highest BCUT2D eigenvalue weighted by molar-refractivity contribution is 6.15. The van der Waals surface area contributed by atoms with Gasteiger partial charge in [0.1, 0.15) is 0 Å². The van der Waals surface area contributed by atoms with E-state index in [4.69, 9.17) is 0 Å². The van der Waals surface area contributed by atoms with E-state index in [0.717, 1.165) is 11.4 Å². The van der Waals surface area contributed by atoms with E-state index in [0.29, 0.717) is 5.92 Å². The van der Waals surface area contributed by atoms with Crippen molar-refractivity contribution in [1.82, 2.24) is 4.57 Å². The Morgan fingerprint density at radius 3 is 1.94 bits per heavy atom. The lowest BCUT2D eigenvalue weighted by atomic mass is 9.89. The van der Waals surface area contributed by atoms with Gasteiger partial charge in [-0.15, -0.1) is 0 Å². The van der Waals surface area contributed by atoms with Crippen LogP contribution >= 0.6 is 0 Å². The predicted octanol–water partition coefficient (Wildman–Crippen LogP) is 12.9. The van der Waals surface area contributed by atoms with Gasteiger partial charge < -0.3 is 9.47 Å². The standard InChI is InChI=1S/C47H40N2/c1-32(2)31-45-46(39-20-12-11-15-33(39)3)34(4)23-28-41-43(49(45)37-18-9-6-10-19-37)29-30-44-47(41)40-21-13-14-22-42(40)48(44)38-26-24-36(25-27-38)35-16-7-5-8-17-35/h5-32H,1-4H3/b28-23-,45-31-,46-34+. The number of hydrogen-bond donors (Lipinski definition) is 0. The quantitative estimate of drug-likeness (QED) is 0.183. The third kappa shape index (κ3) is 5.40. The second-order valence-electron chi connectivity index (χ2n) is 13.3. The zero-order valence-electron chi connectivity index (χ0n) is 28.6. The van der Waals surface area contributed by atoms with Crippen LogP contribution in [-0.4, -0.2) is 4.57 Å².